The summed E-state index contributed by atoms with van der Waals surface area (Å²) in [5.41, 5.74) is 0.839. The smallest absolute Gasteiger partial charge is 0.339 e. The number of aromatic carboxylic acids is 1. The minimum absolute atomic E-state index is 0.0814. The summed E-state index contributed by atoms with van der Waals surface area (Å²) in [6, 6.07) is 10.4. The number of carboxylic acid groups (broad SMARTS) is 1. The number of rotatable bonds is 3. The van der Waals surface area contributed by atoms with E-state index in [1.807, 2.05) is 24.3 Å². The first-order valence-electron chi connectivity index (χ1n) is 4.98. The van der Waals surface area contributed by atoms with Crippen molar-refractivity contribution in [2.45, 2.75) is 0 Å². The summed E-state index contributed by atoms with van der Waals surface area (Å²) in [4.78, 5) is 15.0. The molecule has 6 heteroatoms. The van der Waals surface area contributed by atoms with Crippen molar-refractivity contribution in [3.05, 3.63) is 50.7 Å². The Hall–Kier alpha value is -1.34. The SMILES string of the molecule is O=C(O)c1ccc(Cl)nc1Nc1ccc(I)cc1. The molecular formula is C12H8ClIN2O2. The average Bonchev–Trinajstić information content (AvgIpc) is 2.32. The van der Waals surface area contributed by atoms with Crippen molar-refractivity contribution in [2.24, 2.45) is 0 Å². The van der Waals surface area contributed by atoms with E-state index in [0.29, 0.717) is 0 Å². The molecule has 0 unspecified atom stereocenters. The maximum Gasteiger partial charge on any atom is 0.339 e. The van der Waals surface area contributed by atoms with Crippen LogP contribution in [-0.4, -0.2) is 16.1 Å². The normalized spacial score (nSPS) is 10.1. The lowest BCUT2D eigenvalue weighted by atomic mass is 10.2. The highest BCUT2D eigenvalue weighted by Crippen LogP contribution is 2.21. The Labute approximate surface area is 122 Å². The molecular weight excluding hydrogens is 367 g/mol. The molecule has 0 radical (unpaired) electrons. The fraction of sp³-hybridized carbons (Fsp3) is 0. The number of pyridine rings is 1. The van der Waals surface area contributed by atoms with Crippen LogP contribution in [-0.2, 0) is 0 Å². The van der Waals surface area contributed by atoms with E-state index >= 15 is 0 Å². The fourth-order valence-electron chi connectivity index (χ4n) is 1.37. The number of hydrogen-bond donors (Lipinski definition) is 2. The van der Waals surface area contributed by atoms with Crippen LogP contribution in [0.3, 0.4) is 0 Å². The molecule has 18 heavy (non-hydrogen) atoms. The Bertz CT molecular complexity index is 587. The third-order valence-corrected chi connectivity index (χ3v) is 3.13. The van der Waals surface area contributed by atoms with Crippen molar-refractivity contribution >= 4 is 51.7 Å². The minimum Gasteiger partial charge on any atom is -0.478 e. The first-order chi connectivity index (χ1) is 8.56. The fourth-order valence-corrected chi connectivity index (χ4v) is 1.88. The third-order valence-electron chi connectivity index (χ3n) is 2.20. The summed E-state index contributed by atoms with van der Waals surface area (Å²) in [5.74, 6) is -0.816. The van der Waals surface area contributed by atoms with Crippen molar-refractivity contribution in [2.75, 3.05) is 5.32 Å². The van der Waals surface area contributed by atoms with E-state index in [1.54, 1.807) is 0 Å². The zero-order valence-corrected chi connectivity index (χ0v) is 11.9. The second kappa shape index (κ2) is 5.53. The van der Waals surface area contributed by atoms with Crippen LogP contribution in [0, 0.1) is 3.57 Å². The molecule has 0 fully saturated rings. The molecule has 0 amide bonds. The number of anilines is 2. The first kappa shape index (κ1) is 13.1. The second-order valence-electron chi connectivity index (χ2n) is 3.47. The molecule has 0 spiro atoms. The summed E-state index contributed by atoms with van der Waals surface area (Å²) >= 11 is 7.96. The summed E-state index contributed by atoms with van der Waals surface area (Å²) in [7, 11) is 0. The predicted octanol–water partition coefficient (Wildman–Crippen LogP) is 3.78. The van der Waals surface area contributed by atoms with Crippen LogP contribution < -0.4 is 5.32 Å². The van der Waals surface area contributed by atoms with Gasteiger partial charge in [-0.05, 0) is 59.0 Å². The van der Waals surface area contributed by atoms with Gasteiger partial charge in [0, 0.05) is 9.26 Å². The van der Waals surface area contributed by atoms with Crippen LogP contribution in [0.5, 0.6) is 0 Å². The Morgan fingerprint density at radius 2 is 1.89 bits per heavy atom. The monoisotopic (exact) mass is 374 g/mol. The Balaban J connectivity index is 2.35. The van der Waals surface area contributed by atoms with Gasteiger partial charge in [0.1, 0.15) is 16.5 Å². The van der Waals surface area contributed by atoms with Crippen LogP contribution >= 0.6 is 34.2 Å². The topological polar surface area (TPSA) is 62.2 Å². The van der Waals surface area contributed by atoms with Crippen LogP contribution in [0.2, 0.25) is 5.15 Å². The van der Waals surface area contributed by atoms with Gasteiger partial charge in [-0.2, -0.15) is 0 Å². The molecule has 0 aliphatic carbocycles. The van der Waals surface area contributed by atoms with E-state index in [-0.39, 0.29) is 16.5 Å². The van der Waals surface area contributed by atoms with Gasteiger partial charge < -0.3 is 10.4 Å². The lowest BCUT2D eigenvalue weighted by Crippen LogP contribution is -2.04. The van der Waals surface area contributed by atoms with E-state index in [1.165, 1.54) is 12.1 Å². The van der Waals surface area contributed by atoms with Crippen LogP contribution in [0.1, 0.15) is 10.4 Å². The van der Waals surface area contributed by atoms with Crippen molar-refractivity contribution < 1.29 is 9.90 Å². The van der Waals surface area contributed by atoms with Gasteiger partial charge in [-0.1, -0.05) is 11.6 Å². The number of nitrogens with zero attached hydrogens (tertiary/aromatic N) is 1. The van der Waals surface area contributed by atoms with Crippen molar-refractivity contribution in [3.8, 4) is 0 Å². The molecule has 1 aromatic heterocycles. The molecule has 0 aliphatic rings. The van der Waals surface area contributed by atoms with Crippen molar-refractivity contribution in [3.63, 3.8) is 0 Å². The summed E-state index contributed by atoms with van der Waals surface area (Å²) in [6.07, 6.45) is 0. The molecule has 0 saturated carbocycles. The zero-order valence-electron chi connectivity index (χ0n) is 9.02. The molecule has 0 aliphatic heterocycles. The highest BCUT2D eigenvalue weighted by atomic mass is 127. The summed E-state index contributed by atoms with van der Waals surface area (Å²) < 4.78 is 1.09. The molecule has 2 N–H and O–H groups in total. The van der Waals surface area contributed by atoms with E-state index in [2.05, 4.69) is 32.9 Å². The van der Waals surface area contributed by atoms with E-state index in [4.69, 9.17) is 16.7 Å². The molecule has 92 valence electrons. The average molecular weight is 375 g/mol. The number of halogens is 2. The lowest BCUT2D eigenvalue weighted by Gasteiger charge is -2.08. The van der Waals surface area contributed by atoms with Crippen LogP contribution in [0.4, 0.5) is 11.5 Å². The molecule has 2 rings (SSSR count). The van der Waals surface area contributed by atoms with Crippen LogP contribution in [0.15, 0.2) is 36.4 Å². The number of carbonyl (C=O) groups is 1. The Morgan fingerprint density at radius 3 is 2.50 bits per heavy atom. The van der Waals surface area contributed by atoms with Gasteiger partial charge in [0.25, 0.3) is 0 Å². The third kappa shape index (κ3) is 3.11. The molecule has 0 atom stereocenters. The maximum atomic E-state index is 11.1. The molecule has 1 heterocycles. The van der Waals surface area contributed by atoms with Gasteiger partial charge in [0.15, 0.2) is 0 Å². The molecule has 1 aromatic carbocycles. The largest absolute Gasteiger partial charge is 0.478 e. The predicted molar refractivity (Wildman–Crippen MR) is 78.6 cm³/mol. The maximum absolute atomic E-state index is 11.1. The summed E-state index contributed by atoms with van der Waals surface area (Å²) in [6.45, 7) is 0. The number of benzene rings is 1. The first-order valence-corrected chi connectivity index (χ1v) is 6.44. The Morgan fingerprint density at radius 1 is 1.22 bits per heavy atom. The highest BCUT2D eigenvalue weighted by molar-refractivity contribution is 14.1. The quantitative estimate of drug-likeness (QED) is 0.634. The second-order valence-corrected chi connectivity index (χ2v) is 5.10. The molecule has 0 bridgehead atoms. The molecule has 2 aromatic rings. The van der Waals surface area contributed by atoms with Crippen LogP contribution in [0.25, 0.3) is 0 Å². The van der Waals surface area contributed by atoms with Gasteiger partial charge in [-0.15, -0.1) is 0 Å². The standard InChI is InChI=1S/C12H8ClIN2O2/c13-10-6-5-9(12(17)18)11(16-10)15-8-3-1-7(14)2-4-8/h1-6H,(H,15,16)(H,17,18). The lowest BCUT2D eigenvalue weighted by molar-refractivity contribution is 0.0697. The number of carboxylic acids is 1. The summed E-state index contributed by atoms with van der Waals surface area (Å²) in [5, 5.41) is 12.2. The van der Waals surface area contributed by atoms with Gasteiger partial charge in [0.2, 0.25) is 0 Å². The highest BCUT2D eigenvalue weighted by Gasteiger charge is 2.12. The van der Waals surface area contributed by atoms with E-state index in [9.17, 15) is 4.79 Å². The number of hydrogen-bond acceptors (Lipinski definition) is 3. The van der Waals surface area contributed by atoms with Gasteiger partial charge >= 0.3 is 5.97 Å². The van der Waals surface area contributed by atoms with Gasteiger partial charge in [-0.25, -0.2) is 9.78 Å². The van der Waals surface area contributed by atoms with Crippen molar-refractivity contribution in [1.82, 2.24) is 4.98 Å². The van der Waals surface area contributed by atoms with E-state index in [0.717, 1.165) is 9.26 Å². The Kier molecular flexibility index (Phi) is 4.03. The zero-order chi connectivity index (χ0) is 13.1. The van der Waals surface area contributed by atoms with Crippen molar-refractivity contribution in [1.29, 1.82) is 0 Å². The van der Waals surface area contributed by atoms with E-state index < -0.39 is 5.97 Å². The molecule has 0 saturated heterocycles. The number of nitrogens with one attached hydrogen (secondary N) is 1. The van der Waals surface area contributed by atoms with Gasteiger partial charge in [0.05, 0.1) is 0 Å². The molecule has 4 nitrogen and oxygen atoms in total. The minimum atomic E-state index is -1.05. The number of aromatic nitrogens is 1. The van der Waals surface area contributed by atoms with Gasteiger partial charge in [-0.3, -0.25) is 0 Å².